The molecule has 0 radical (unpaired) electrons. The number of carboxylic acid groups (broad SMARTS) is 1. The number of benzene rings is 1. The number of likely N-dealkylation sites (tertiary alicyclic amines) is 1. The van der Waals surface area contributed by atoms with Crippen LogP contribution in [0.15, 0.2) is 30.6 Å². The number of carboxylic acids is 1. The van der Waals surface area contributed by atoms with Gasteiger partial charge in [0.15, 0.2) is 11.5 Å². The van der Waals surface area contributed by atoms with Crippen molar-refractivity contribution in [1.29, 1.82) is 0 Å². The van der Waals surface area contributed by atoms with Crippen LogP contribution < -0.4 is 9.47 Å². The predicted octanol–water partition coefficient (Wildman–Crippen LogP) is 1.79. The lowest BCUT2D eigenvalue weighted by atomic mass is 10.0. The maximum absolute atomic E-state index is 12.7. The van der Waals surface area contributed by atoms with Crippen LogP contribution in [0.25, 0.3) is 0 Å². The van der Waals surface area contributed by atoms with Gasteiger partial charge in [0, 0.05) is 24.8 Å². The van der Waals surface area contributed by atoms with E-state index in [4.69, 9.17) is 14.6 Å². The molecule has 1 amide bonds. The maximum Gasteiger partial charge on any atom is 0.338 e. The molecule has 1 saturated heterocycles. The minimum absolute atomic E-state index is 0.0385. The Morgan fingerprint density at radius 2 is 1.88 bits per heavy atom. The van der Waals surface area contributed by atoms with Crippen LogP contribution in [0.4, 0.5) is 0 Å². The van der Waals surface area contributed by atoms with E-state index in [1.54, 1.807) is 34.0 Å². The van der Waals surface area contributed by atoms with E-state index in [0.717, 1.165) is 12.8 Å². The zero-order valence-electron chi connectivity index (χ0n) is 13.4. The van der Waals surface area contributed by atoms with Gasteiger partial charge < -0.3 is 19.5 Å². The van der Waals surface area contributed by atoms with Gasteiger partial charge in [0.1, 0.15) is 0 Å². The van der Waals surface area contributed by atoms with E-state index in [9.17, 15) is 9.59 Å². The van der Waals surface area contributed by atoms with Gasteiger partial charge in [-0.15, -0.1) is 0 Å². The summed E-state index contributed by atoms with van der Waals surface area (Å²) < 4.78 is 12.3. The van der Waals surface area contributed by atoms with Crippen LogP contribution in [-0.2, 0) is 0 Å². The Hall–Kier alpha value is -3.03. The molecule has 2 aliphatic rings. The zero-order chi connectivity index (χ0) is 17.4. The van der Waals surface area contributed by atoms with Crippen LogP contribution in [0.5, 0.6) is 11.5 Å². The second-order valence-electron chi connectivity index (χ2n) is 6.11. The average molecular weight is 343 g/mol. The molecule has 1 fully saturated rings. The first-order valence-corrected chi connectivity index (χ1v) is 8.08. The van der Waals surface area contributed by atoms with Gasteiger partial charge in [-0.05, 0) is 31.0 Å². The fourth-order valence-corrected chi connectivity index (χ4v) is 3.19. The average Bonchev–Trinajstić information content (AvgIpc) is 3.30. The molecule has 1 N–H and O–H groups in total. The highest BCUT2D eigenvalue weighted by Gasteiger charge is 2.26. The van der Waals surface area contributed by atoms with E-state index < -0.39 is 5.97 Å². The quantitative estimate of drug-likeness (QED) is 0.913. The van der Waals surface area contributed by atoms with Crippen LogP contribution in [0, 0.1) is 0 Å². The maximum atomic E-state index is 12.7. The van der Waals surface area contributed by atoms with Crippen molar-refractivity contribution in [2.75, 3.05) is 19.9 Å². The van der Waals surface area contributed by atoms with Crippen LogP contribution in [-0.4, -0.2) is 51.5 Å². The first-order valence-electron chi connectivity index (χ1n) is 8.08. The molecule has 2 aromatic rings. The summed E-state index contributed by atoms with van der Waals surface area (Å²) in [7, 11) is 0. The van der Waals surface area contributed by atoms with Crippen molar-refractivity contribution in [1.82, 2.24) is 14.7 Å². The van der Waals surface area contributed by atoms with Gasteiger partial charge in [0.2, 0.25) is 6.79 Å². The summed E-state index contributed by atoms with van der Waals surface area (Å²) in [5, 5.41) is 13.1. The number of hydrogen-bond acceptors (Lipinski definition) is 5. The first-order chi connectivity index (χ1) is 12.1. The van der Waals surface area contributed by atoms with Crippen LogP contribution in [0.1, 0.15) is 39.6 Å². The number of fused-ring (bicyclic) bond motifs is 1. The van der Waals surface area contributed by atoms with E-state index in [0.29, 0.717) is 30.2 Å². The largest absolute Gasteiger partial charge is 0.478 e. The third-order valence-electron chi connectivity index (χ3n) is 4.59. The fourth-order valence-electron chi connectivity index (χ4n) is 3.19. The highest BCUT2D eigenvalue weighted by atomic mass is 16.7. The van der Waals surface area contributed by atoms with E-state index in [2.05, 4.69) is 5.10 Å². The van der Waals surface area contributed by atoms with Crippen molar-refractivity contribution in [3.05, 3.63) is 41.7 Å². The summed E-state index contributed by atoms with van der Waals surface area (Å²) in [5.41, 5.74) is 0.758. The number of ether oxygens (including phenoxy) is 2. The summed E-state index contributed by atoms with van der Waals surface area (Å²) in [4.78, 5) is 25.4. The Labute approximate surface area is 143 Å². The Bertz CT molecular complexity index is 823. The van der Waals surface area contributed by atoms with Gasteiger partial charge in [0.25, 0.3) is 5.91 Å². The summed E-state index contributed by atoms with van der Waals surface area (Å²) in [5.74, 6) is 0.228. The topological polar surface area (TPSA) is 93.9 Å². The number of piperidine rings is 1. The third kappa shape index (κ3) is 2.90. The van der Waals surface area contributed by atoms with Crippen LogP contribution >= 0.6 is 0 Å². The van der Waals surface area contributed by atoms with Gasteiger partial charge in [-0.25, -0.2) is 4.79 Å². The number of nitrogens with zero attached hydrogens (tertiary/aromatic N) is 3. The molecule has 0 unspecified atom stereocenters. The number of rotatable bonds is 3. The molecule has 0 bridgehead atoms. The number of hydrogen-bond donors (Lipinski definition) is 1. The van der Waals surface area contributed by atoms with Crippen molar-refractivity contribution < 1.29 is 24.2 Å². The Morgan fingerprint density at radius 1 is 1.12 bits per heavy atom. The van der Waals surface area contributed by atoms with Crippen molar-refractivity contribution in [3.63, 3.8) is 0 Å². The van der Waals surface area contributed by atoms with Crippen LogP contribution in [0.3, 0.4) is 0 Å². The molecule has 4 rings (SSSR count). The number of aromatic nitrogens is 2. The molecular weight excluding hydrogens is 326 g/mol. The smallest absolute Gasteiger partial charge is 0.338 e. The number of amides is 1. The Balaban J connectivity index is 1.41. The lowest BCUT2D eigenvalue weighted by Crippen LogP contribution is -2.39. The molecular formula is C17H17N3O5. The second-order valence-corrected chi connectivity index (χ2v) is 6.11. The molecule has 0 atom stereocenters. The number of carbonyl (C=O) groups excluding carboxylic acids is 1. The molecule has 0 spiro atoms. The van der Waals surface area contributed by atoms with E-state index in [-0.39, 0.29) is 24.3 Å². The van der Waals surface area contributed by atoms with Gasteiger partial charge in [-0.1, -0.05) is 0 Å². The highest BCUT2D eigenvalue weighted by Crippen LogP contribution is 2.33. The van der Waals surface area contributed by atoms with Gasteiger partial charge in [-0.2, -0.15) is 5.10 Å². The molecule has 3 heterocycles. The van der Waals surface area contributed by atoms with Gasteiger partial charge in [-0.3, -0.25) is 9.48 Å². The lowest BCUT2D eigenvalue weighted by Gasteiger charge is -2.32. The Morgan fingerprint density at radius 3 is 2.60 bits per heavy atom. The zero-order valence-corrected chi connectivity index (χ0v) is 13.4. The lowest BCUT2D eigenvalue weighted by molar-refractivity contribution is 0.0688. The fraction of sp³-hybridized carbons (Fsp3) is 0.353. The standard InChI is InChI=1S/C17H17N3O5/c21-16(11-1-2-14-15(7-11)25-10-24-14)19-5-3-13(4-6-19)20-9-12(8-18-20)17(22)23/h1-2,7-9,13H,3-6,10H2,(H,22,23). The Kier molecular flexibility index (Phi) is 3.79. The SMILES string of the molecule is O=C(O)c1cnn(C2CCN(C(=O)c3ccc4c(c3)OCO4)CC2)c1. The van der Waals surface area contributed by atoms with E-state index >= 15 is 0 Å². The molecule has 1 aromatic heterocycles. The summed E-state index contributed by atoms with van der Waals surface area (Å²) >= 11 is 0. The van der Waals surface area contributed by atoms with Crippen molar-refractivity contribution in [3.8, 4) is 11.5 Å². The molecule has 8 nitrogen and oxygen atoms in total. The normalized spacial score (nSPS) is 16.9. The van der Waals surface area contributed by atoms with Crippen molar-refractivity contribution in [2.45, 2.75) is 18.9 Å². The summed E-state index contributed by atoms with van der Waals surface area (Å²) in [6.45, 7) is 1.38. The number of carbonyl (C=O) groups is 2. The molecule has 130 valence electrons. The van der Waals surface area contributed by atoms with Gasteiger partial charge in [0.05, 0.1) is 17.8 Å². The monoisotopic (exact) mass is 343 g/mol. The minimum atomic E-state index is -0.985. The molecule has 8 heteroatoms. The first kappa shape index (κ1) is 15.5. The molecule has 1 aromatic carbocycles. The van der Waals surface area contributed by atoms with Crippen molar-refractivity contribution in [2.24, 2.45) is 0 Å². The van der Waals surface area contributed by atoms with Crippen molar-refractivity contribution >= 4 is 11.9 Å². The minimum Gasteiger partial charge on any atom is -0.478 e. The molecule has 0 saturated carbocycles. The van der Waals surface area contributed by atoms with Crippen LogP contribution in [0.2, 0.25) is 0 Å². The second kappa shape index (κ2) is 6.12. The number of aromatic carboxylic acids is 1. The highest BCUT2D eigenvalue weighted by molar-refractivity contribution is 5.95. The third-order valence-corrected chi connectivity index (χ3v) is 4.59. The molecule has 2 aliphatic heterocycles. The molecule has 25 heavy (non-hydrogen) atoms. The van der Waals surface area contributed by atoms with Gasteiger partial charge >= 0.3 is 5.97 Å². The van der Waals surface area contributed by atoms with E-state index in [1.165, 1.54) is 6.20 Å². The summed E-state index contributed by atoms with van der Waals surface area (Å²) in [6.07, 6.45) is 4.36. The summed E-state index contributed by atoms with van der Waals surface area (Å²) in [6, 6.07) is 5.31. The predicted molar refractivity (Wildman–Crippen MR) is 85.9 cm³/mol. The molecule has 0 aliphatic carbocycles. The van der Waals surface area contributed by atoms with E-state index in [1.807, 2.05) is 0 Å².